The molecule has 0 unspecified atom stereocenters. The Balaban J connectivity index is 1.92. The molecule has 3 aromatic rings. The minimum atomic E-state index is -0.186. The van der Waals surface area contributed by atoms with Crippen LogP contribution in [0, 0.1) is 0 Å². The molecule has 0 saturated heterocycles. The molecule has 2 amide bonds. The molecular formula is C26H28N2O2. The Bertz CT molecular complexity index is 1090. The van der Waals surface area contributed by atoms with E-state index in [9.17, 15) is 9.59 Å². The topological polar surface area (TPSA) is 49.4 Å². The van der Waals surface area contributed by atoms with Crippen molar-refractivity contribution in [3.8, 4) is 11.1 Å². The fourth-order valence-corrected chi connectivity index (χ4v) is 4.08. The zero-order valence-corrected chi connectivity index (χ0v) is 17.7. The third-order valence-corrected chi connectivity index (χ3v) is 5.75. The van der Waals surface area contributed by atoms with Crippen molar-refractivity contribution in [3.05, 3.63) is 65.7 Å². The molecule has 1 aliphatic heterocycles. The first-order valence-electron chi connectivity index (χ1n) is 10.9. The van der Waals surface area contributed by atoms with E-state index in [4.69, 9.17) is 0 Å². The van der Waals surface area contributed by atoms with Gasteiger partial charge >= 0.3 is 0 Å². The van der Waals surface area contributed by atoms with Gasteiger partial charge in [-0.3, -0.25) is 14.5 Å². The Morgan fingerprint density at radius 3 is 2.27 bits per heavy atom. The molecule has 1 N–H and O–H groups in total. The van der Waals surface area contributed by atoms with E-state index in [1.807, 2.05) is 36.4 Å². The molecule has 1 heterocycles. The van der Waals surface area contributed by atoms with Gasteiger partial charge in [0, 0.05) is 40.7 Å². The number of rotatable bonds is 8. The van der Waals surface area contributed by atoms with Gasteiger partial charge in [0.15, 0.2) is 0 Å². The van der Waals surface area contributed by atoms with E-state index in [1.165, 1.54) is 4.90 Å². The Kier molecular flexibility index (Phi) is 5.84. The van der Waals surface area contributed by atoms with Gasteiger partial charge in [0.25, 0.3) is 11.8 Å². The summed E-state index contributed by atoms with van der Waals surface area (Å²) in [5, 5.41) is 5.23. The van der Waals surface area contributed by atoms with Crippen molar-refractivity contribution in [2.24, 2.45) is 0 Å². The quantitative estimate of drug-likeness (QED) is 0.366. The highest BCUT2D eigenvalue weighted by Crippen LogP contribution is 2.38. The summed E-state index contributed by atoms with van der Waals surface area (Å²) in [7, 11) is 0. The van der Waals surface area contributed by atoms with E-state index >= 15 is 0 Å². The van der Waals surface area contributed by atoms with Gasteiger partial charge in [-0.15, -0.1) is 0 Å². The van der Waals surface area contributed by atoms with Crippen LogP contribution in [0.2, 0.25) is 0 Å². The molecular weight excluding hydrogens is 372 g/mol. The van der Waals surface area contributed by atoms with Crippen LogP contribution in [0.15, 0.2) is 54.6 Å². The molecule has 0 spiro atoms. The van der Waals surface area contributed by atoms with Crippen molar-refractivity contribution in [1.82, 2.24) is 4.90 Å². The minimum absolute atomic E-state index is 0.182. The molecule has 3 aromatic carbocycles. The second-order valence-electron chi connectivity index (χ2n) is 7.87. The highest BCUT2D eigenvalue weighted by molar-refractivity contribution is 6.27. The van der Waals surface area contributed by atoms with Gasteiger partial charge in [0.05, 0.1) is 0 Å². The van der Waals surface area contributed by atoms with E-state index < -0.39 is 0 Å². The molecule has 1 aliphatic rings. The Morgan fingerprint density at radius 2 is 1.53 bits per heavy atom. The Hall–Kier alpha value is -3.14. The van der Waals surface area contributed by atoms with Crippen molar-refractivity contribution >= 4 is 28.3 Å². The number of carbonyl (C=O) groups excluding carboxylic acids is 2. The summed E-state index contributed by atoms with van der Waals surface area (Å²) in [5.74, 6) is -0.368. The highest BCUT2D eigenvalue weighted by Gasteiger charge is 2.33. The normalized spacial score (nSPS) is 13.2. The van der Waals surface area contributed by atoms with Crippen LogP contribution in [0.1, 0.15) is 60.2 Å². The lowest BCUT2D eigenvalue weighted by Gasteiger charge is -2.28. The second-order valence-corrected chi connectivity index (χ2v) is 7.87. The predicted octanol–water partition coefficient (Wildman–Crippen LogP) is 6.11. The largest absolute Gasteiger partial charge is 0.385 e. The van der Waals surface area contributed by atoms with Crippen LogP contribution in [0.25, 0.3) is 21.9 Å². The van der Waals surface area contributed by atoms with Gasteiger partial charge in [0.2, 0.25) is 0 Å². The predicted molar refractivity (Wildman–Crippen MR) is 123 cm³/mol. The number of hydrogen-bond donors (Lipinski definition) is 1. The average Bonchev–Trinajstić information content (AvgIpc) is 2.78. The average molecular weight is 401 g/mol. The summed E-state index contributed by atoms with van der Waals surface area (Å²) in [4.78, 5) is 27.9. The number of benzene rings is 3. The maximum Gasteiger partial charge on any atom is 0.261 e. The van der Waals surface area contributed by atoms with Gasteiger partial charge < -0.3 is 5.32 Å². The number of unbranched alkanes of at least 4 members (excludes halogenated alkanes) is 2. The van der Waals surface area contributed by atoms with Crippen molar-refractivity contribution in [3.63, 3.8) is 0 Å². The first-order valence-corrected chi connectivity index (χ1v) is 10.9. The van der Waals surface area contributed by atoms with Gasteiger partial charge in [-0.25, -0.2) is 0 Å². The number of imide groups is 1. The van der Waals surface area contributed by atoms with Gasteiger partial charge in [0.1, 0.15) is 0 Å². The molecule has 0 radical (unpaired) electrons. The minimum Gasteiger partial charge on any atom is -0.385 e. The summed E-state index contributed by atoms with van der Waals surface area (Å²) in [6.45, 7) is 5.55. The molecule has 0 aromatic heterocycles. The highest BCUT2D eigenvalue weighted by atomic mass is 16.2. The molecule has 0 bridgehead atoms. The third-order valence-electron chi connectivity index (χ3n) is 5.75. The third kappa shape index (κ3) is 3.58. The molecule has 0 saturated carbocycles. The lowest BCUT2D eigenvalue weighted by molar-refractivity contribution is 0.0608. The summed E-state index contributed by atoms with van der Waals surface area (Å²) in [6, 6.07) is 18.0. The number of hydrogen-bond acceptors (Lipinski definition) is 3. The second kappa shape index (κ2) is 8.70. The smallest absolute Gasteiger partial charge is 0.261 e. The maximum absolute atomic E-state index is 13.4. The summed E-state index contributed by atoms with van der Waals surface area (Å²) >= 11 is 0. The van der Waals surface area contributed by atoms with Crippen molar-refractivity contribution in [2.45, 2.75) is 39.5 Å². The first-order chi connectivity index (χ1) is 14.7. The van der Waals surface area contributed by atoms with Gasteiger partial charge in [-0.1, -0.05) is 57.0 Å². The summed E-state index contributed by atoms with van der Waals surface area (Å²) in [5.41, 5.74) is 4.27. The van der Waals surface area contributed by atoms with Crippen molar-refractivity contribution in [1.29, 1.82) is 0 Å². The fraction of sp³-hybridized carbons (Fsp3) is 0.308. The van der Waals surface area contributed by atoms with Crippen LogP contribution in [0.3, 0.4) is 0 Å². The van der Waals surface area contributed by atoms with Gasteiger partial charge in [-0.05, 0) is 48.2 Å². The Morgan fingerprint density at radius 1 is 0.800 bits per heavy atom. The summed E-state index contributed by atoms with van der Waals surface area (Å²) < 4.78 is 0. The van der Waals surface area contributed by atoms with Crippen molar-refractivity contribution < 1.29 is 9.59 Å². The molecule has 30 heavy (non-hydrogen) atoms. The standard InChI is InChI=1S/C26H28N2O2/c1-3-5-14-27-23-13-12-20-24-21(23)16-19(18-10-8-7-9-11-18)17-22(24)26(30)28(25(20)29)15-6-4-2/h7-13,16-17,27H,3-6,14-15H2,1-2H3. The Labute approximate surface area is 177 Å². The number of nitrogens with zero attached hydrogens (tertiary/aromatic N) is 1. The SMILES string of the molecule is CCCCNc1ccc2c3c(cc(-c4ccccc4)cc13)C(=O)N(CCCC)C2=O. The maximum atomic E-state index is 13.4. The van der Waals surface area contributed by atoms with E-state index in [1.54, 1.807) is 0 Å². The number of carbonyl (C=O) groups is 2. The number of nitrogens with one attached hydrogen (secondary N) is 1. The molecule has 4 heteroatoms. The zero-order valence-electron chi connectivity index (χ0n) is 17.7. The number of anilines is 1. The van der Waals surface area contributed by atoms with Gasteiger partial charge in [-0.2, -0.15) is 0 Å². The fourth-order valence-electron chi connectivity index (χ4n) is 4.08. The van der Waals surface area contributed by atoms with Crippen molar-refractivity contribution in [2.75, 3.05) is 18.4 Å². The van der Waals surface area contributed by atoms with E-state index in [2.05, 4.69) is 37.4 Å². The van der Waals surface area contributed by atoms with Crippen LogP contribution in [0.5, 0.6) is 0 Å². The molecule has 4 rings (SSSR count). The zero-order chi connectivity index (χ0) is 21.1. The van der Waals surface area contributed by atoms with Crippen LogP contribution in [-0.2, 0) is 0 Å². The first kappa shape index (κ1) is 20.1. The number of amides is 2. The molecule has 0 fully saturated rings. The van der Waals surface area contributed by atoms with Crippen LogP contribution in [-0.4, -0.2) is 29.8 Å². The van der Waals surface area contributed by atoms with Crippen LogP contribution >= 0.6 is 0 Å². The summed E-state index contributed by atoms with van der Waals surface area (Å²) in [6.07, 6.45) is 3.92. The van der Waals surface area contributed by atoms with Crippen LogP contribution < -0.4 is 5.32 Å². The lowest BCUT2D eigenvalue weighted by Crippen LogP contribution is -2.40. The molecule has 0 aliphatic carbocycles. The molecule has 4 nitrogen and oxygen atoms in total. The molecule has 154 valence electrons. The lowest BCUT2D eigenvalue weighted by atomic mass is 9.89. The van der Waals surface area contributed by atoms with E-state index in [-0.39, 0.29) is 11.8 Å². The van der Waals surface area contributed by atoms with E-state index in [0.717, 1.165) is 59.8 Å². The molecule has 0 atom stereocenters. The van der Waals surface area contributed by atoms with Crippen LogP contribution in [0.4, 0.5) is 5.69 Å². The van der Waals surface area contributed by atoms with E-state index in [0.29, 0.717) is 17.7 Å². The monoisotopic (exact) mass is 400 g/mol.